The molecule has 1 aromatic carbocycles. The van der Waals surface area contributed by atoms with Crippen molar-refractivity contribution in [2.24, 2.45) is 7.05 Å². The van der Waals surface area contributed by atoms with Crippen molar-refractivity contribution in [3.63, 3.8) is 0 Å². The minimum atomic E-state index is 0.0307. The predicted molar refractivity (Wildman–Crippen MR) is 111 cm³/mol. The van der Waals surface area contributed by atoms with Crippen LogP contribution in [0.2, 0.25) is 0 Å². The second-order valence-electron chi connectivity index (χ2n) is 7.39. The lowest BCUT2D eigenvalue weighted by Gasteiger charge is -2.36. The highest BCUT2D eigenvalue weighted by atomic mass is 16.1. The highest BCUT2D eigenvalue weighted by Crippen LogP contribution is 2.27. The largest absolute Gasteiger partial charge is 0.369 e. The highest BCUT2D eigenvalue weighted by molar-refractivity contribution is 5.91. The smallest absolute Gasteiger partial charge is 0.257 e. The number of fused-ring (bicyclic) bond motifs is 1. The topological polar surface area (TPSA) is 70.4 Å². The number of hydrogen-bond acceptors (Lipinski definition) is 7. The van der Waals surface area contributed by atoms with Gasteiger partial charge in [-0.05, 0) is 18.2 Å². The molecule has 3 aromatic rings. The van der Waals surface area contributed by atoms with Crippen LogP contribution in [0.3, 0.4) is 0 Å². The summed E-state index contributed by atoms with van der Waals surface area (Å²) < 4.78 is 1.53. The first kappa shape index (κ1) is 18.4. The van der Waals surface area contributed by atoms with E-state index in [1.807, 2.05) is 19.0 Å². The van der Waals surface area contributed by atoms with E-state index >= 15 is 0 Å². The van der Waals surface area contributed by atoms with Crippen LogP contribution < -0.4 is 15.4 Å². The van der Waals surface area contributed by atoms with Crippen molar-refractivity contribution < 1.29 is 0 Å². The molecule has 1 fully saturated rings. The molecule has 1 aliphatic heterocycles. The molecule has 4 rings (SSSR count). The maximum Gasteiger partial charge on any atom is 0.257 e. The minimum Gasteiger partial charge on any atom is -0.369 e. The van der Waals surface area contributed by atoms with Gasteiger partial charge in [0.1, 0.15) is 12.1 Å². The number of rotatable bonds is 4. The molecule has 0 unspecified atom stereocenters. The second kappa shape index (κ2) is 7.55. The SMILES string of the molecule is CN(C)c1ncnc2ccc(N3CCN(Cc4cncn(C)c4=O)CC3)cc12. The number of anilines is 2. The summed E-state index contributed by atoms with van der Waals surface area (Å²) in [5.41, 5.74) is 2.91. The molecule has 8 heteroatoms. The van der Waals surface area contributed by atoms with Crippen LogP contribution in [-0.2, 0) is 13.6 Å². The fourth-order valence-electron chi connectivity index (χ4n) is 3.66. The molecule has 2 aromatic heterocycles. The molecular weight excluding hydrogens is 354 g/mol. The summed E-state index contributed by atoms with van der Waals surface area (Å²) in [6.45, 7) is 4.28. The lowest BCUT2D eigenvalue weighted by Crippen LogP contribution is -2.46. The third kappa shape index (κ3) is 3.55. The number of nitrogens with zero attached hydrogens (tertiary/aromatic N) is 7. The average molecular weight is 379 g/mol. The first-order chi connectivity index (χ1) is 13.5. The zero-order valence-electron chi connectivity index (χ0n) is 16.5. The Labute approximate surface area is 164 Å². The molecule has 0 saturated carbocycles. The van der Waals surface area contributed by atoms with E-state index in [0.29, 0.717) is 6.54 Å². The molecular formula is C20H25N7O. The summed E-state index contributed by atoms with van der Waals surface area (Å²) in [5, 5.41) is 1.06. The fourth-order valence-corrected chi connectivity index (χ4v) is 3.66. The van der Waals surface area contributed by atoms with E-state index in [1.54, 1.807) is 25.9 Å². The van der Waals surface area contributed by atoms with Crippen molar-refractivity contribution >= 4 is 22.4 Å². The van der Waals surface area contributed by atoms with Crippen LogP contribution in [0.25, 0.3) is 10.9 Å². The predicted octanol–water partition coefficient (Wildman–Crippen LogP) is 1.11. The average Bonchev–Trinajstić information content (AvgIpc) is 2.71. The van der Waals surface area contributed by atoms with Gasteiger partial charge in [0.2, 0.25) is 0 Å². The molecule has 0 bridgehead atoms. The van der Waals surface area contributed by atoms with E-state index in [-0.39, 0.29) is 5.56 Å². The minimum absolute atomic E-state index is 0.0307. The van der Waals surface area contributed by atoms with Crippen LogP contribution in [-0.4, -0.2) is 64.7 Å². The van der Waals surface area contributed by atoms with Gasteiger partial charge in [0.05, 0.1) is 11.8 Å². The Kier molecular flexibility index (Phi) is 4.95. The number of piperazine rings is 1. The van der Waals surface area contributed by atoms with Gasteiger partial charge in [0.15, 0.2) is 0 Å². The van der Waals surface area contributed by atoms with E-state index in [2.05, 4.69) is 43.0 Å². The van der Waals surface area contributed by atoms with Crippen molar-refractivity contribution in [1.29, 1.82) is 0 Å². The van der Waals surface area contributed by atoms with E-state index in [4.69, 9.17) is 0 Å². The number of aromatic nitrogens is 4. The van der Waals surface area contributed by atoms with E-state index < -0.39 is 0 Å². The molecule has 28 heavy (non-hydrogen) atoms. The zero-order chi connectivity index (χ0) is 19.7. The van der Waals surface area contributed by atoms with Gasteiger partial charge in [-0.15, -0.1) is 0 Å². The molecule has 0 aliphatic carbocycles. The quantitative estimate of drug-likeness (QED) is 0.673. The van der Waals surface area contributed by atoms with Crippen LogP contribution in [0.5, 0.6) is 0 Å². The highest BCUT2D eigenvalue weighted by Gasteiger charge is 2.19. The van der Waals surface area contributed by atoms with E-state index in [0.717, 1.165) is 48.5 Å². The monoisotopic (exact) mass is 379 g/mol. The van der Waals surface area contributed by atoms with Crippen LogP contribution >= 0.6 is 0 Å². The number of aryl methyl sites for hydroxylation is 1. The maximum absolute atomic E-state index is 12.2. The summed E-state index contributed by atoms with van der Waals surface area (Å²) in [6.07, 6.45) is 4.84. The molecule has 0 amide bonds. The van der Waals surface area contributed by atoms with Crippen molar-refractivity contribution in [1.82, 2.24) is 24.4 Å². The first-order valence-electron chi connectivity index (χ1n) is 9.42. The summed E-state index contributed by atoms with van der Waals surface area (Å²) in [6, 6.07) is 6.36. The first-order valence-corrected chi connectivity index (χ1v) is 9.42. The standard InChI is InChI=1S/C20H25N7O/c1-24(2)19-17-10-16(4-5-18(17)22-13-23-19)27-8-6-26(7-9-27)12-15-11-21-14-25(3)20(15)28/h4-5,10-11,13-14H,6-9,12H2,1-3H3. The Bertz CT molecular complexity index is 1040. The second-order valence-corrected chi connectivity index (χ2v) is 7.39. The summed E-state index contributed by atoms with van der Waals surface area (Å²) in [7, 11) is 5.73. The molecule has 3 heterocycles. The summed E-state index contributed by atoms with van der Waals surface area (Å²) in [4.78, 5) is 31.8. The zero-order valence-corrected chi connectivity index (χ0v) is 16.5. The van der Waals surface area contributed by atoms with Gasteiger partial charge in [0.25, 0.3) is 5.56 Å². The van der Waals surface area contributed by atoms with Crippen molar-refractivity contribution in [3.05, 3.63) is 53.0 Å². The summed E-state index contributed by atoms with van der Waals surface area (Å²) >= 11 is 0. The van der Waals surface area contributed by atoms with Gasteiger partial charge in [-0.25, -0.2) is 15.0 Å². The molecule has 1 aliphatic rings. The lowest BCUT2D eigenvalue weighted by atomic mass is 10.1. The Balaban J connectivity index is 1.48. The van der Waals surface area contributed by atoms with E-state index in [1.165, 1.54) is 10.3 Å². The normalized spacial score (nSPS) is 15.2. The third-order valence-electron chi connectivity index (χ3n) is 5.22. The Morgan fingerprint density at radius 1 is 1.11 bits per heavy atom. The van der Waals surface area contributed by atoms with Crippen molar-refractivity contribution in [2.45, 2.75) is 6.54 Å². The van der Waals surface area contributed by atoms with Gasteiger partial charge in [-0.3, -0.25) is 9.69 Å². The molecule has 0 N–H and O–H groups in total. The molecule has 8 nitrogen and oxygen atoms in total. The molecule has 0 radical (unpaired) electrons. The van der Waals surface area contributed by atoms with Gasteiger partial charge < -0.3 is 14.4 Å². The lowest BCUT2D eigenvalue weighted by molar-refractivity contribution is 0.248. The van der Waals surface area contributed by atoms with Crippen molar-refractivity contribution in [2.75, 3.05) is 50.1 Å². The molecule has 1 saturated heterocycles. The van der Waals surface area contributed by atoms with Gasteiger partial charge in [-0.2, -0.15) is 0 Å². The van der Waals surface area contributed by atoms with E-state index in [9.17, 15) is 4.79 Å². The number of hydrogen-bond donors (Lipinski definition) is 0. The Hall–Kier alpha value is -3.00. The van der Waals surface area contributed by atoms with Crippen LogP contribution in [0.1, 0.15) is 5.56 Å². The van der Waals surface area contributed by atoms with Crippen molar-refractivity contribution in [3.8, 4) is 0 Å². The van der Waals surface area contributed by atoms with Gasteiger partial charge in [-0.1, -0.05) is 0 Å². The summed E-state index contributed by atoms with van der Waals surface area (Å²) in [5.74, 6) is 0.929. The van der Waals surface area contributed by atoms with Crippen LogP contribution in [0, 0.1) is 0 Å². The fraction of sp³-hybridized carbons (Fsp3) is 0.400. The van der Waals surface area contributed by atoms with Crippen LogP contribution in [0.4, 0.5) is 11.5 Å². The maximum atomic E-state index is 12.2. The Morgan fingerprint density at radius 2 is 1.89 bits per heavy atom. The molecule has 0 atom stereocenters. The van der Waals surface area contributed by atoms with Gasteiger partial charge in [0, 0.05) is 76.7 Å². The van der Waals surface area contributed by atoms with Gasteiger partial charge >= 0.3 is 0 Å². The third-order valence-corrected chi connectivity index (χ3v) is 5.22. The Morgan fingerprint density at radius 3 is 2.64 bits per heavy atom. The van der Waals surface area contributed by atoms with Crippen LogP contribution in [0.15, 0.2) is 41.8 Å². The molecule has 146 valence electrons. The molecule has 0 spiro atoms. The number of benzene rings is 1.